The van der Waals surface area contributed by atoms with Gasteiger partial charge in [-0.2, -0.15) is 0 Å². The van der Waals surface area contributed by atoms with Gasteiger partial charge >= 0.3 is 0 Å². The highest BCUT2D eigenvalue weighted by molar-refractivity contribution is 5.99. The normalized spacial score (nSPS) is 22.0. The van der Waals surface area contributed by atoms with Gasteiger partial charge in [0.05, 0.1) is 0 Å². The fourth-order valence-electron chi connectivity index (χ4n) is 2.59. The quantitative estimate of drug-likeness (QED) is 0.690. The first kappa shape index (κ1) is 17.0. The van der Waals surface area contributed by atoms with E-state index in [9.17, 15) is 9.59 Å². The summed E-state index contributed by atoms with van der Waals surface area (Å²) >= 11 is 0. The van der Waals surface area contributed by atoms with E-state index in [4.69, 9.17) is 4.74 Å². The Bertz CT molecular complexity index is 340. The van der Waals surface area contributed by atoms with Crippen LogP contribution in [0.1, 0.15) is 53.4 Å². The van der Waals surface area contributed by atoms with Gasteiger partial charge in [-0.15, -0.1) is 0 Å². The molecule has 1 aliphatic heterocycles. The Hall–Kier alpha value is -1.10. The summed E-state index contributed by atoms with van der Waals surface area (Å²) < 4.78 is 5.44. The van der Waals surface area contributed by atoms with Crippen LogP contribution in [0.15, 0.2) is 0 Å². The lowest BCUT2D eigenvalue weighted by Crippen LogP contribution is -2.69. The van der Waals surface area contributed by atoms with Crippen molar-refractivity contribution in [2.75, 3.05) is 19.8 Å². The van der Waals surface area contributed by atoms with Gasteiger partial charge in [-0.25, -0.2) is 0 Å². The van der Waals surface area contributed by atoms with Gasteiger partial charge in [0.15, 0.2) is 0 Å². The molecule has 0 bridgehead atoms. The number of amides is 2. The molecule has 116 valence electrons. The zero-order valence-corrected chi connectivity index (χ0v) is 13.2. The lowest BCUT2D eigenvalue weighted by atomic mass is 9.87. The molecule has 0 aromatic heterocycles. The maximum Gasteiger partial charge on any atom is 0.248 e. The molecule has 0 spiro atoms. The number of rotatable bonds is 8. The Balaban J connectivity index is 2.66. The summed E-state index contributed by atoms with van der Waals surface area (Å²) in [5.74, 6) is -0.00660. The zero-order valence-electron chi connectivity index (χ0n) is 13.2. The molecule has 5 nitrogen and oxygen atoms in total. The molecule has 1 heterocycles. The maximum absolute atomic E-state index is 12.7. The van der Waals surface area contributed by atoms with Crippen LogP contribution >= 0.6 is 0 Å². The van der Waals surface area contributed by atoms with Crippen molar-refractivity contribution in [3.05, 3.63) is 0 Å². The largest absolute Gasteiger partial charge is 0.381 e. The minimum Gasteiger partial charge on any atom is -0.381 e. The molecule has 0 aliphatic carbocycles. The van der Waals surface area contributed by atoms with Crippen LogP contribution in [-0.2, 0) is 14.3 Å². The number of piperazine rings is 1. The predicted octanol–water partition coefficient (Wildman–Crippen LogP) is 1.71. The second-order valence-electron chi connectivity index (χ2n) is 5.42. The monoisotopic (exact) mass is 284 g/mol. The highest BCUT2D eigenvalue weighted by Gasteiger charge is 2.46. The van der Waals surface area contributed by atoms with E-state index in [0.29, 0.717) is 26.0 Å². The van der Waals surface area contributed by atoms with E-state index in [1.165, 1.54) is 0 Å². The van der Waals surface area contributed by atoms with Gasteiger partial charge < -0.3 is 15.0 Å². The number of hydrogen-bond donors (Lipinski definition) is 1. The fourth-order valence-corrected chi connectivity index (χ4v) is 2.59. The van der Waals surface area contributed by atoms with E-state index in [-0.39, 0.29) is 17.9 Å². The van der Waals surface area contributed by atoms with E-state index < -0.39 is 5.54 Å². The lowest BCUT2D eigenvalue weighted by molar-refractivity contribution is -0.155. The van der Waals surface area contributed by atoms with E-state index in [1.54, 1.807) is 11.8 Å². The van der Waals surface area contributed by atoms with Crippen molar-refractivity contribution in [3.8, 4) is 0 Å². The molecule has 1 aliphatic rings. The molecule has 1 fully saturated rings. The van der Waals surface area contributed by atoms with Crippen molar-refractivity contribution in [2.45, 2.75) is 65.0 Å². The molecule has 1 rings (SSSR count). The minimum atomic E-state index is -0.714. The fraction of sp³-hybridized carbons (Fsp3) is 0.867. The van der Waals surface area contributed by atoms with Crippen molar-refractivity contribution >= 4 is 11.8 Å². The third kappa shape index (κ3) is 3.51. The van der Waals surface area contributed by atoms with Gasteiger partial charge in [-0.3, -0.25) is 9.59 Å². The number of ether oxygens (including phenoxy) is 1. The van der Waals surface area contributed by atoms with Crippen molar-refractivity contribution in [1.82, 2.24) is 10.2 Å². The van der Waals surface area contributed by atoms with Crippen LogP contribution in [0.25, 0.3) is 0 Å². The first-order valence-electron chi connectivity index (χ1n) is 7.73. The molecular formula is C15H28N2O3. The predicted molar refractivity (Wildman–Crippen MR) is 78.4 cm³/mol. The summed E-state index contributed by atoms with van der Waals surface area (Å²) in [5, 5.41) is 2.91. The molecule has 0 saturated carbocycles. The van der Waals surface area contributed by atoms with Crippen molar-refractivity contribution < 1.29 is 14.3 Å². The van der Waals surface area contributed by atoms with Gasteiger partial charge in [-0.1, -0.05) is 20.8 Å². The minimum absolute atomic E-state index is 0.0464. The van der Waals surface area contributed by atoms with Crippen LogP contribution in [-0.4, -0.2) is 48.1 Å². The van der Waals surface area contributed by atoms with Crippen molar-refractivity contribution in [2.24, 2.45) is 0 Å². The van der Waals surface area contributed by atoms with Gasteiger partial charge in [0, 0.05) is 19.8 Å². The number of nitrogens with one attached hydrogen (secondary N) is 1. The number of carbonyl (C=O) groups excluding carboxylic acids is 2. The van der Waals surface area contributed by atoms with Crippen molar-refractivity contribution in [3.63, 3.8) is 0 Å². The Kier molecular flexibility index (Phi) is 6.46. The van der Waals surface area contributed by atoms with Crippen LogP contribution in [0.2, 0.25) is 0 Å². The van der Waals surface area contributed by atoms with Gasteiger partial charge in [-0.05, 0) is 32.6 Å². The summed E-state index contributed by atoms with van der Waals surface area (Å²) in [6.45, 7) is 9.71. The zero-order chi connectivity index (χ0) is 15.2. The molecule has 1 unspecified atom stereocenters. The first-order chi connectivity index (χ1) is 9.52. The Morgan fingerprint density at radius 1 is 1.20 bits per heavy atom. The Morgan fingerprint density at radius 3 is 2.40 bits per heavy atom. The van der Waals surface area contributed by atoms with Crippen LogP contribution < -0.4 is 5.32 Å². The van der Waals surface area contributed by atoms with Crippen molar-refractivity contribution in [1.29, 1.82) is 0 Å². The lowest BCUT2D eigenvalue weighted by Gasteiger charge is -2.44. The summed E-state index contributed by atoms with van der Waals surface area (Å²) in [6.07, 6.45) is 3.02. The molecule has 0 radical (unpaired) electrons. The first-order valence-corrected chi connectivity index (χ1v) is 7.73. The smallest absolute Gasteiger partial charge is 0.248 e. The standard InChI is InChI=1S/C15H28N2O3/c1-5-10-20-11-8-9-17-12(4)13(18)16-15(6-2,7-3)14(17)19/h12H,5-11H2,1-4H3,(H,16,18). The third-order valence-electron chi connectivity index (χ3n) is 4.12. The molecule has 20 heavy (non-hydrogen) atoms. The topological polar surface area (TPSA) is 58.6 Å². The Labute approximate surface area is 122 Å². The van der Waals surface area contributed by atoms with Crippen LogP contribution in [0.3, 0.4) is 0 Å². The van der Waals surface area contributed by atoms with E-state index >= 15 is 0 Å². The highest BCUT2D eigenvalue weighted by Crippen LogP contribution is 2.25. The molecular weight excluding hydrogens is 256 g/mol. The maximum atomic E-state index is 12.7. The second-order valence-corrected chi connectivity index (χ2v) is 5.42. The Morgan fingerprint density at radius 2 is 1.85 bits per heavy atom. The number of nitrogens with zero attached hydrogens (tertiary/aromatic N) is 1. The summed E-state index contributed by atoms with van der Waals surface area (Å²) in [6, 6.07) is -0.389. The van der Waals surface area contributed by atoms with Gasteiger partial charge in [0.1, 0.15) is 11.6 Å². The molecule has 1 atom stereocenters. The van der Waals surface area contributed by atoms with Crippen LogP contribution in [0, 0.1) is 0 Å². The van der Waals surface area contributed by atoms with E-state index in [1.807, 2.05) is 13.8 Å². The molecule has 2 amide bonds. The van der Waals surface area contributed by atoms with E-state index in [0.717, 1.165) is 19.4 Å². The molecule has 0 aromatic rings. The SMILES string of the molecule is CCCOCCCN1C(=O)C(CC)(CC)NC(=O)C1C. The van der Waals surface area contributed by atoms with Gasteiger partial charge in [0.25, 0.3) is 0 Å². The number of carbonyl (C=O) groups is 2. The summed E-state index contributed by atoms with van der Waals surface area (Å²) in [5.41, 5.74) is -0.714. The molecule has 1 N–H and O–H groups in total. The van der Waals surface area contributed by atoms with Crippen LogP contribution in [0.5, 0.6) is 0 Å². The summed E-state index contributed by atoms with van der Waals surface area (Å²) in [7, 11) is 0. The van der Waals surface area contributed by atoms with Crippen LogP contribution in [0.4, 0.5) is 0 Å². The summed E-state index contributed by atoms with van der Waals surface area (Å²) in [4.78, 5) is 26.4. The molecule has 0 aromatic carbocycles. The average molecular weight is 284 g/mol. The second kappa shape index (κ2) is 7.62. The molecule has 5 heteroatoms. The van der Waals surface area contributed by atoms with E-state index in [2.05, 4.69) is 12.2 Å². The van der Waals surface area contributed by atoms with Gasteiger partial charge in [0.2, 0.25) is 11.8 Å². The number of hydrogen-bond acceptors (Lipinski definition) is 3. The highest BCUT2D eigenvalue weighted by atomic mass is 16.5. The average Bonchev–Trinajstić information content (AvgIpc) is 2.46. The third-order valence-corrected chi connectivity index (χ3v) is 4.12. The molecule has 1 saturated heterocycles.